The average Bonchev–Trinajstić information content (AvgIpc) is 3.42. The first-order chi connectivity index (χ1) is 17.0. The highest BCUT2D eigenvalue weighted by molar-refractivity contribution is 5.65. The molecule has 3 saturated carbocycles. The Morgan fingerprint density at radius 1 is 1.17 bits per heavy atom. The van der Waals surface area contributed by atoms with Gasteiger partial charge in [-0.15, -0.1) is 0 Å². The molecular weight excluding hydrogens is 438 g/mol. The van der Waals surface area contributed by atoms with E-state index in [-0.39, 0.29) is 29.0 Å². The van der Waals surface area contributed by atoms with E-state index in [1.165, 1.54) is 36.9 Å². The van der Waals surface area contributed by atoms with Gasteiger partial charge in [0.05, 0.1) is 11.5 Å². The van der Waals surface area contributed by atoms with Gasteiger partial charge in [0.2, 0.25) is 0 Å². The lowest BCUT2D eigenvalue weighted by Gasteiger charge is -2.73. The van der Waals surface area contributed by atoms with E-state index in [0.717, 1.165) is 44.1 Å². The fourth-order valence-corrected chi connectivity index (χ4v) is 10.1. The van der Waals surface area contributed by atoms with Crippen LogP contribution in [0.4, 0.5) is 0 Å². The molecule has 2 heterocycles. The molecule has 9 rings (SSSR count). The second-order valence-electron chi connectivity index (χ2n) is 13.1. The molecule has 0 radical (unpaired) electrons. The Hall–Kier alpha value is -1.56. The predicted octanol–water partition coefficient (Wildman–Crippen LogP) is 4.45. The van der Waals surface area contributed by atoms with Crippen molar-refractivity contribution in [2.45, 2.75) is 81.6 Å². The number of piperidine rings is 1. The number of nitrogens with zero attached hydrogens (tertiary/aromatic N) is 1. The van der Waals surface area contributed by atoms with Crippen molar-refractivity contribution in [1.82, 2.24) is 4.90 Å². The van der Waals surface area contributed by atoms with Gasteiger partial charge in [-0.2, -0.15) is 0 Å². The van der Waals surface area contributed by atoms with E-state index in [1.54, 1.807) is 0 Å². The maximum absolute atomic E-state index is 11.0. The van der Waals surface area contributed by atoms with E-state index < -0.39 is 5.60 Å². The highest BCUT2D eigenvalue weighted by atomic mass is 16.6. The van der Waals surface area contributed by atoms with Gasteiger partial charge < -0.3 is 19.3 Å². The van der Waals surface area contributed by atoms with E-state index in [2.05, 4.69) is 37.0 Å². The van der Waals surface area contributed by atoms with E-state index in [4.69, 9.17) is 14.2 Å². The van der Waals surface area contributed by atoms with Crippen molar-refractivity contribution < 1.29 is 19.3 Å². The summed E-state index contributed by atoms with van der Waals surface area (Å²) in [6.45, 7) is 7.63. The molecular formula is C30H39NO4. The summed E-state index contributed by atoms with van der Waals surface area (Å²) in [5, 5.41) is 11.0. The number of phenols is 1. The molecule has 0 unspecified atom stereocenters. The smallest absolute Gasteiger partial charge is 0.165 e. The molecule has 2 spiro atoms. The molecule has 8 atom stereocenters. The van der Waals surface area contributed by atoms with Crippen molar-refractivity contribution in [1.29, 1.82) is 0 Å². The van der Waals surface area contributed by atoms with Gasteiger partial charge in [-0.3, -0.25) is 4.90 Å². The van der Waals surface area contributed by atoms with Crippen LogP contribution >= 0.6 is 0 Å². The minimum absolute atomic E-state index is 0.0116. The van der Waals surface area contributed by atoms with Crippen LogP contribution in [0.3, 0.4) is 0 Å². The van der Waals surface area contributed by atoms with Crippen molar-refractivity contribution in [3.05, 3.63) is 35.4 Å². The number of benzene rings is 1. The summed E-state index contributed by atoms with van der Waals surface area (Å²) in [6.07, 6.45) is 12.3. The first-order valence-corrected chi connectivity index (χ1v) is 14.1. The molecule has 188 valence electrons. The molecule has 5 heteroatoms. The molecule has 1 aromatic carbocycles. The zero-order valence-corrected chi connectivity index (χ0v) is 21.3. The molecule has 2 aliphatic heterocycles. The SMILES string of the molecule is CO[C@]12C=C[C@@]3([C@@H]4CC[C@@H](OCC(C)C)[C@@H]41)[C@H]1Cc4ccc(O)c5c4[C@@]3(CCN1CC1CC1)[C@@H]2O5. The van der Waals surface area contributed by atoms with Gasteiger partial charge in [0.15, 0.2) is 11.5 Å². The number of hydrogen-bond acceptors (Lipinski definition) is 5. The molecule has 4 fully saturated rings. The fourth-order valence-electron chi connectivity index (χ4n) is 10.1. The van der Waals surface area contributed by atoms with Crippen molar-refractivity contribution in [3.63, 3.8) is 0 Å². The molecule has 1 N–H and O–H groups in total. The van der Waals surface area contributed by atoms with Crippen LogP contribution in [0.1, 0.15) is 57.1 Å². The Morgan fingerprint density at radius 2 is 2.03 bits per heavy atom. The Balaban J connectivity index is 1.35. The second-order valence-corrected chi connectivity index (χ2v) is 13.1. The Bertz CT molecular complexity index is 1110. The third-order valence-corrected chi connectivity index (χ3v) is 11.3. The Labute approximate surface area is 208 Å². The van der Waals surface area contributed by atoms with Gasteiger partial charge in [-0.05, 0) is 74.5 Å². The van der Waals surface area contributed by atoms with Crippen molar-refractivity contribution in [3.8, 4) is 11.5 Å². The van der Waals surface area contributed by atoms with Crippen LogP contribution in [-0.2, 0) is 21.3 Å². The van der Waals surface area contributed by atoms with Gasteiger partial charge in [-0.1, -0.05) is 32.1 Å². The summed E-state index contributed by atoms with van der Waals surface area (Å²) in [5.74, 6) is 3.24. The first kappa shape index (κ1) is 21.5. The molecule has 5 nitrogen and oxygen atoms in total. The monoisotopic (exact) mass is 477 g/mol. The lowest BCUT2D eigenvalue weighted by molar-refractivity contribution is -0.251. The number of rotatable bonds is 6. The van der Waals surface area contributed by atoms with Crippen LogP contribution in [0, 0.1) is 29.1 Å². The number of ether oxygens (including phenoxy) is 3. The van der Waals surface area contributed by atoms with Crippen LogP contribution < -0.4 is 4.74 Å². The summed E-state index contributed by atoms with van der Waals surface area (Å²) < 4.78 is 20.2. The van der Waals surface area contributed by atoms with Crippen molar-refractivity contribution in [2.75, 3.05) is 26.8 Å². The van der Waals surface area contributed by atoms with Crippen LogP contribution in [-0.4, -0.2) is 60.7 Å². The average molecular weight is 478 g/mol. The summed E-state index contributed by atoms with van der Waals surface area (Å²) >= 11 is 0. The quantitative estimate of drug-likeness (QED) is 0.614. The molecule has 4 bridgehead atoms. The molecule has 0 amide bonds. The first-order valence-electron chi connectivity index (χ1n) is 14.1. The van der Waals surface area contributed by atoms with Crippen molar-refractivity contribution >= 4 is 0 Å². The number of methoxy groups -OCH3 is 1. The van der Waals surface area contributed by atoms with Crippen LogP contribution in [0.2, 0.25) is 0 Å². The third kappa shape index (κ3) is 2.34. The Kier molecular flexibility index (Phi) is 4.21. The highest BCUT2D eigenvalue weighted by Crippen LogP contribution is 2.78. The maximum atomic E-state index is 11.0. The lowest BCUT2D eigenvalue weighted by atomic mass is 9.34. The zero-order valence-electron chi connectivity index (χ0n) is 21.3. The summed E-state index contributed by atoms with van der Waals surface area (Å²) in [6, 6.07) is 4.54. The summed E-state index contributed by atoms with van der Waals surface area (Å²) in [5.41, 5.74) is 2.08. The van der Waals surface area contributed by atoms with E-state index in [0.29, 0.717) is 23.6 Å². The third-order valence-electron chi connectivity index (χ3n) is 11.3. The normalized spacial score (nSPS) is 46.1. The van der Waals surface area contributed by atoms with Crippen LogP contribution in [0.25, 0.3) is 0 Å². The van der Waals surface area contributed by atoms with E-state index >= 15 is 0 Å². The minimum atomic E-state index is -0.520. The van der Waals surface area contributed by atoms with E-state index in [1.807, 2.05) is 13.2 Å². The van der Waals surface area contributed by atoms with Crippen LogP contribution in [0.5, 0.6) is 11.5 Å². The molecule has 35 heavy (non-hydrogen) atoms. The lowest BCUT2D eigenvalue weighted by Crippen LogP contribution is -2.82. The van der Waals surface area contributed by atoms with Gasteiger partial charge in [0.25, 0.3) is 0 Å². The second kappa shape index (κ2) is 6.85. The van der Waals surface area contributed by atoms with Gasteiger partial charge >= 0.3 is 0 Å². The van der Waals surface area contributed by atoms with Gasteiger partial charge in [-0.25, -0.2) is 0 Å². The molecule has 0 aromatic heterocycles. The number of phenolic OH excluding ortho intramolecular Hbond substituents is 1. The maximum Gasteiger partial charge on any atom is 0.165 e. The van der Waals surface area contributed by atoms with Crippen LogP contribution in [0.15, 0.2) is 24.3 Å². The zero-order chi connectivity index (χ0) is 23.7. The minimum Gasteiger partial charge on any atom is -0.504 e. The standard InChI is InChI=1S/C30H39NO4/c1-17(2)16-34-22-9-7-20-25(22)30(33-3)11-10-28(20)23-14-19-6-8-21(32)26-24(19)29(28,27(30)35-26)12-13-31(23)15-18-4-5-18/h6,8,10-11,17-18,20,22-23,25,27,32H,4-5,7,9,12-16H2,1-3H3/t20-,22-,23-,25-,27+,28-,29+,30-/m1/s1. The topological polar surface area (TPSA) is 51.2 Å². The number of hydrogen-bond donors (Lipinski definition) is 1. The van der Waals surface area contributed by atoms with Gasteiger partial charge in [0, 0.05) is 43.2 Å². The summed E-state index contributed by atoms with van der Waals surface area (Å²) in [4.78, 5) is 2.86. The molecule has 6 aliphatic carbocycles. The van der Waals surface area contributed by atoms with E-state index in [9.17, 15) is 5.11 Å². The highest BCUT2D eigenvalue weighted by Gasteiger charge is 2.83. The van der Waals surface area contributed by atoms with Gasteiger partial charge in [0.1, 0.15) is 11.7 Å². The number of likely N-dealkylation sites (tertiary alicyclic amines) is 1. The molecule has 1 aromatic rings. The predicted molar refractivity (Wildman–Crippen MR) is 133 cm³/mol. The number of aromatic hydroxyl groups is 1. The fraction of sp³-hybridized carbons (Fsp3) is 0.733. The largest absolute Gasteiger partial charge is 0.504 e. The molecule has 1 saturated heterocycles. The molecule has 8 aliphatic rings. The summed E-state index contributed by atoms with van der Waals surface area (Å²) in [7, 11) is 1.88. The Morgan fingerprint density at radius 3 is 2.80 bits per heavy atom. The van der Waals surface area contributed by atoms with Crippen molar-refractivity contribution in [2.24, 2.45) is 29.1 Å².